The Morgan fingerprint density at radius 3 is 2.75 bits per heavy atom. The highest BCUT2D eigenvalue weighted by molar-refractivity contribution is 7.10. The second-order valence-corrected chi connectivity index (χ2v) is 4.34. The summed E-state index contributed by atoms with van der Waals surface area (Å²) in [7, 11) is 0. The summed E-state index contributed by atoms with van der Waals surface area (Å²) >= 11 is 1.90. The van der Waals surface area contributed by atoms with E-state index in [0.717, 1.165) is 5.92 Å². The van der Waals surface area contributed by atoms with Crippen LogP contribution < -0.4 is 0 Å². The highest BCUT2D eigenvalue weighted by atomic mass is 32.1. The number of aryl methyl sites for hydroxylation is 1. The molecule has 12 heavy (non-hydrogen) atoms. The van der Waals surface area contributed by atoms with Crippen molar-refractivity contribution >= 4 is 11.3 Å². The molecule has 1 heterocycles. The van der Waals surface area contributed by atoms with Crippen LogP contribution in [0.2, 0.25) is 0 Å². The van der Waals surface area contributed by atoms with E-state index < -0.39 is 0 Å². The Balaban J connectivity index is 2.71. The van der Waals surface area contributed by atoms with Crippen molar-refractivity contribution in [3.8, 4) is 0 Å². The van der Waals surface area contributed by atoms with E-state index in [0.29, 0.717) is 0 Å². The number of hydrogen-bond donors (Lipinski definition) is 0. The molecule has 0 aliphatic rings. The van der Waals surface area contributed by atoms with Crippen LogP contribution in [-0.4, -0.2) is 0 Å². The van der Waals surface area contributed by atoms with E-state index in [1.807, 2.05) is 11.3 Å². The Morgan fingerprint density at radius 2 is 2.17 bits per heavy atom. The molecular weight excluding hydrogens is 164 g/mol. The van der Waals surface area contributed by atoms with Gasteiger partial charge >= 0.3 is 0 Å². The van der Waals surface area contributed by atoms with E-state index in [4.69, 9.17) is 0 Å². The lowest BCUT2D eigenvalue weighted by Crippen LogP contribution is -1.93. The molecule has 1 aromatic rings. The van der Waals surface area contributed by atoms with Crippen LogP contribution in [0.25, 0.3) is 0 Å². The van der Waals surface area contributed by atoms with Crippen molar-refractivity contribution in [1.82, 2.24) is 0 Å². The zero-order chi connectivity index (χ0) is 8.97. The number of hydrogen-bond acceptors (Lipinski definition) is 1. The van der Waals surface area contributed by atoms with Crippen molar-refractivity contribution in [3.05, 3.63) is 21.9 Å². The summed E-state index contributed by atoms with van der Waals surface area (Å²) in [5.74, 6) is 0.760. The van der Waals surface area contributed by atoms with Gasteiger partial charge in [-0.25, -0.2) is 0 Å². The second-order valence-electron chi connectivity index (χ2n) is 3.34. The molecule has 1 unspecified atom stereocenters. The van der Waals surface area contributed by atoms with Gasteiger partial charge in [-0.3, -0.25) is 0 Å². The van der Waals surface area contributed by atoms with Crippen molar-refractivity contribution < 1.29 is 0 Å². The summed E-state index contributed by atoms with van der Waals surface area (Å²) in [4.78, 5) is 1.58. The molecule has 0 aliphatic heterocycles. The maximum absolute atomic E-state index is 2.34. The second kappa shape index (κ2) is 4.66. The highest BCUT2D eigenvalue weighted by Gasteiger charge is 2.09. The molecule has 1 rings (SSSR count). The Kier molecular flexibility index (Phi) is 3.80. The quantitative estimate of drug-likeness (QED) is 0.654. The van der Waals surface area contributed by atoms with Crippen molar-refractivity contribution in [2.45, 2.75) is 46.0 Å². The fraction of sp³-hybridized carbons (Fsp3) is 0.636. The molecule has 1 atom stereocenters. The normalized spacial score (nSPS) is 13.2. The van der Waals surface area contributed by atoms with Crippen LogP contribution in [0.5, 0.6) is 0 Å². The first kappa shape index (κ1) is 9.79. The van der Waals surface area contributed by atoms with Gasteiger partial charge in [0.2, 0.25) is 0 Å². The third kappa shape index (κ3) is 2.10. The van der Waals surface area contributed by atoms with Crippen LogP contribution >= 0.6 is 11.3 Å². The summed E-state index contributed by atoms with van der Waals surface area (Å²) in [5.41, 5.74) is 1.59. The van der Waals surface area contributed by atoms with E-state index in [9.17, 15) is 0 Å². The molecule has 0 bridgehead atoms. The standard InChI is InChI=1S/C11H18S/c1-4-6-9(3)10-7-8-12-11(10)5-2/h7-9H,4-6H2,1-3H3. The number of thiophene rings is 1. The third-order valence-electron chi connectivity index (χ3n) is 2.35. The maximum atomic E-state index is 2.34. The molecule has 0 saturated heterocycles. The molecule has 0 aliphatic carbocycles. The summed E-state index contributed by atoms with van der Waals surface area (Å²) in [5, 5.41) is 2.22. The van der Waals surface area contributed by atoms with Gasteiger partial charge in [-0.15, -0.1) is 11.3 Å². The predicted octanol–water partition coefficient (Wildman–Crippen LogP) is 4.21. The topological polar surface area (TPSA) is 0 Å². The van der Waals surface area contributed by atoms with Gasteiger partial charge in [-0.05, 0) is 35.8 Å². The molecule has 0 N–H and O–H groups in total. The first-order valence-corrected chi connectivity index (χ1v) is 5.73. The molecule has 0 radical (unpaired) electrons. The predicted molar refractivity (Wildman–Crippen MR) is 57.0 cm³/mol. The van der Waals surface area contributed by atoms with Crippen LogP contribution in [0.4, 0.5) is 0 Å². The van der Waals surface area contributed by atoms with Crippen LogP contribution in [0.3, 0.4) is 0 Å². The van der Waals surface area contributed by atoms with Crippen molar-refractivity contribution in [1.29, 1.82) is 0 Å². The van der Waals surface area contributed by atoms with Gasteiger partial charge < -0.3 is 0 Å². The fourth-order valence-corrected chi connectivity index (χ4v) is 2.62. The molecule has 68 valence electrons. The monoisotopic (exact) mass is 182 g/mol. The SMILES string of the molecule is CCCC(C)c1ccsc1CC. The van der Waals surface area contributed by atoms with Gasteiger partial charge in [0, 0.05) is 4.88 Å². The van der Waals surface area contributed by atoms with Crippen LogP contribution in [0, 0.1) is 0 Å². The van der Waals surface area contributed by atoms with E-state index in [-0.39, 0.29) is 0 Å². The van der Waals surface area contributed by atoms with Gasteiger partial charge in [0.15, 0.2) is 0 Å². The largest absolute Gasteiger partial charge is 0.149 e. The lowest BCUT2D eigenvalue weighted by Gasteiger charge is -2.09. The lowest BCUT2D eigenvalue weighted by molar-refractivity contribution is 0.662. The Morgan fingerprint density at radius 1 is 1.42 bits per heavy atom. The minimum Gasteiger partial charge on any atom is -0.149 e. The average molecular weight is 182 g/mol. The van der Waals surface area contributed by atoms with Gasteiger partial charge in [0.1, 0.15) is 0 Å². The summed E-state index contributed by atoms with van der Waals surface area (Å²) in [6.45, 7) is 6.84. The first-order chi connectivity index (χ1) is 5.79. The van der Waals surface area contributed by atoms with E-state index in [1.54, 1.807) is 10.4 Å². The zero-order valence-corrected chi connectivity index (χ0v) is 9.08. The van der Waals surface area contributed by atoms with E-state index in [1.165, 1.54) is 19.3 Å². The molecule has 1 heteroatoms. The lowest BCUT2D eigenvalue weighted by atomic mass is 9.97. The van der Waals surface area contributed by atoms with Crippen molar-refractivity contribution in [2.24, 2.45) is 0 Å². The van der Waals surface area contributed by atoms with Gasteiger partial charge in [-0.2, -0.15) is 0 Å². The molecule has 0 amide bonds. The van der Waals surface area contributed by atoms with Crippen LogP contribution in [-0.2, 0) is 6.42 Å². The minimum atomic E-state index is 0.760. The maximum Gasteiger partial charge on any atom is 0.00771 e. The molecule has 0 nitrogen and oxygen atoms in total. The molecule has 0 aromatic carbocycles. The van der Waals surface area contributed by atoms with Gasteiger partial charge in [-0.1, -0.05) is 27.2 Å². The molecule has 0 spiro atoms. The smallest absolute Gasteiger partial charge is 0.00771 e. The Hall–Kier alpha value is -0.300. The average Bonchev–Trinajstić information content (AvgIpc) is 2.51. The zero-order valence-electron chi connectivity index (χ0n) is 8.26. The highest BCUT2D eigenvalue weighted by Crippen LogP contribution is 2.28. The Labute approximate surface area is 79.6 Å². The van der Waals surface area contributed by atoms with Gasteiger partial charge in [0.05, 0.1) is 0 Å². The van der Waals surface area contributed by atoms with E-state index in [2.05, 4.69) is 32.2 Å². The summed E-state index contributed by atoms with van der Waals surface area (Å²) in [6.07, 6.45) is 3.81. The molecule has 0 saturated carbocycles. The third-order valence-corrected chi connectivity index (χ3v) is 3.43. The number of rotatable bonds is 4. The molecule has 0 fully saturated rings. The Bertz CT molecular complexity index is 225. The molecular formula is C11H18S. The van der Waals surface area contributed by atoms with Crippen LogP contribution in [0.1, 0.15) is 50.0 Å². The fourth-order valence-electron chi connectivity index (χ4n) is 1.67. The summed E-state index contributed by atoms with van der Waals surface area (Å²) < 4.78 is 0. The first-order valence-electron chi connectivity index (χ1n) is 4.85. The van der Waals surface area contributed by atoms with Crippen molar-refractivity contribution in [3.63, 3.8) is 0 Å². The van der Waals surface area contributed by atoms with E-state index >= 15 is 0 Å². The van der Waals surface area contributed by atoms with Crippen molar-refractivity contribution in [2.75, 3.05) is 0 Å². The van der Waals surface area contributed by atoms with Gasteiger partial charge in [0.25, 0.3) is 0 Å². The minimum absolute atomic E-state index is 0.760. The molecule has 1 aromatic heterocycles. The van der Waals surface area contributed by atoms with Crippen LogP contribution in [0.15, 0.2) is 11.4 Å². The summed E-state index contributed by atoms with van der Waals surface area (Å²) in [6, 6.07) is 2.30.